The van der Waals surface area contributed by atoms with Gasteiger partial charge in [-0.3, -0.25) is 9.79 Å². The fraction of sp³-hybridized carbons (Fsp3) is 0. The first-order chi connectivity index (χ1) is 9.75. The van der Waals surface area contributed by atoms with Crippen LogP contribution in [0.25, 0.3) is 10.1 Å². The van der Waals surface area contributed by atoms with E-state index < -0.39 is 0 Å². The lowest BCUT2D eigenvalue weighted by Crippen LogP contribution is -2.07. The second-order valence-electron chi connectivity index (χ2n) is 4.24. The summed E-state index contributed by atoms with van der Waals surface area (Å²) in [6, 6.07) is 16.5. The highest BCUT2D eigenvalue weighted by atomic mass is 32.1. The van der Waals surface area contributed by atoms with Crippen LogP contribution in [0.15, 0.2) is 64.4 Å². The molecule has 0 bridgehead atoms. The van der Waals surface area contributed by atoms with Gasteiger partial charge < -0.3 is 5.11 Å². The molecular formula is C16H11NO2S. The van der Waals surface area contributed by atoms with E-state index in [0.29, 0.717) is 5.39 Å². The van der Waals surface area contributed by atoms with E-state index in [4.69, 9.17) is 0 Å². The minimum absolute atomic E-state index is 0.00613. The molecule has 3 nitrogen and oxygen atoms in total. The normalized spacial score (nSPS) is 11.2. The number of aliphatic imine (C=N–C) groups is 1. The zero-order valence-electron chi connectivity index (χ0n) is 10.5. The summed E-state index contributed by atoms with van der Waals surface area (Å²) >= 11 is 1.18. The van der Waals surface area contributed by atoms with Gasteiger partial charge in [0.15, 0.2) is 5.06 Å². The summed E-state index contributed by atoms with van der Waals surface area (Å²) < 4.78 is 0.770. The van der Waals surface area contributed by atoms with Crippen molar-refractivity contribution in [2.45, 2.75) is 0 Å². The van der Waals surface area contributed by atoms with Crippen molar-refractivity contribution < 1.29 is 5.11 Å². The Balaban J connectivity index is 2.13. The zero-order valence-corrected chi connectivity index (χ0v) is 11.3. The number of para-hydroxylation sites is 1. The molecule has 4 heteroatoms. The fourth-order valence-electron chi connectivity index (χ4n) is 1.91. The fourth-order valence-corrected chi connectivity index (χ4v) is 2.79. The first kappa shape index (κ1) is 12.6. The molecule has 0 radical (unpaired) electrons. The topological polar surface area (TPSA) is 49.7 Å². The van der Waals surface area contributed by atoms with Crippen molar-refractivity contribution in [2.75, 3.05) is 0 Å². The average Bonchev–Trinajstić information content (AvgIpc) is 2.48. The first-order valence-electron chi connectivity index (χ1n) is 6.09. The molecule has 0 unspecified atom stereocenters. The molecule has 3 rings (SSSR count). The molecule has 0 saturated carbocycles. The minimum atomic E-state index is -0.198. The molecule has 20 heavy (non-hydrogen) atoms. The van der Waals surface area contributed by atoms with Crippen molar-refractivity contribution in [1.82, 2.24) is 0 Å². The van der Waals surface area contributed by atoms with Gasteiger partial charge in [-0.15, -0.1) is 0 Å². The Morgan fingerprint density at radius 2 is 1.70 bits per heavy atom. The molecule has 0 aliphatic rings. The third-order valence-electron chi connectivity index (χ3n) is 2.91. The Morgan fingerprint density at radius 1 is 1.00 bits per heavy atom. The summed E-state index contributed by atoms with van der Waals surface area (Å²) in [5.41, 5.74) is 0.776. The SMILES string of the molecule is O=c1c(C=Nc2ccccc2)c(O)sc2ccccc12. The van der Waals surface area contributed by atoms with E-state index in [0.717, 1.165) is 10.4 Å². The molecule has 1 heterocycles. The number of aromatic hydroxyl groups is 1. The van der Waals surface area contributed by atoms with Gasteiger partial charge in [0, 0.05) is 16.3 Å². The second-order valence-corrected chi connectivity index (χ2v) is 5.27. The highest BCUT2D eigenvalue weighted by Crippen LogP contribution is 2.26. The van der Waals surface area contributed by atoms with Crippen molar-refractivity contribution in [3.8, 4) is 5.06 Å². The van der Waals surface area contributed by atoms with Crippen LogP contribution in [-0.4, -0.2) is 11.3 Å². The Kier molecular flexibility index (Phi) is 3.31. The maximum absolute atomic E-state index is 12.3. The molecule has 1 aromatic heterocycles. The van der Waals surface area contributed by atoms with Gasteiger partial charge in [-0.1, -0.05) is 41.7 Å². The molecule has 1 N–H and O–H groups in total. The summed E-state index contributed by atoms with van der Waals surface area (Å²) in [6.07, 6.45) is 1.43. The molecule has 0 saturated heterocycles. The van der Waals surface area contributed by atoms with Crippen molar-refractivity contribution in [3.05, 3.63) is 70.4 Å². The van der Waals surface area contributed by atoms with Crippen molar-refractivity contribution >= 4 is 33.3 Å². The highest BCUT2D eigenvalue weighted by Gasteiger charge is 2.09. The van der Waals surface area contributed by atoms with Crippen LogP contribution in [0.1, 0.15) is 5.56 Å². The molecule has 98 valence electrons. The van der Waals surface area contributed by atoms with Crippen LogP contribution < -0.4 is 5.43 Å². The van der Waals surface area contributed by atoms with Gasteiger partial charge in [0.05, 0.1) is 11.3 Å². The lowest BCUT2D eigenvalue weighted by molar-refractivity contribution is 0.489. The molecule has 0 spiro atoms. The van der Waals surface area contributed by atoms with Gasteiger partial charge in [-0.2, -0.15) is 0 Å². The monoisotopic (exact) mass is 281 g/mol. The van der Waals surface area contributed by atoms with Crippen LogP contribution in [0.2, 0.25) is 0 Å². The van der Waals surface area contributed by atoms with Gasteiger partial charge in [0.2, 0.25) is 5.43 Å². The first-order valence-corrected chi connectivity index (χ1v) is 6.91. The molecule has 0 aliphatic heterocycles. The Morgan fingerprint density at radius 3 is 2.50 bits per heavy atom. The lowest BCUT2D eigenvalue weighted by atomic mass is 10.2. The van der Waals surface area contributed by atoms with Crippen LogP contribution in [0.5, 0.6) is 5.06 Å². The predicted octanol–water partition coefficient (Wildman–Crippen LogP) is 3.72. The Bertz CT molecular complexity index is 838. The molecule has 2 aromatic carbocycles. The summed E-state index contributed by atoms with van der Waals surface area (Å²) in [4.78, 5) is 16.6. The molecular weight excluding hydrogens is 270 g/mol. The molecule has 0 atom stereocenters. The van der Waals surface area contributed by atoms with Gasteiger partial charge in [-0.05, 0) is 24.3 Å². The smallest absolute Gasteiger partial charge is 0.200 e. The van der Waals surface area contributed by atoms with E-state index in [9.17, 15) is 9.90 Å². The quantitative estimate of drug-likeness (QED) is 0.728. The summed E-state index contributed by atoms with van der Waals surface area (Å²) in [5.74, 6) is 0. The van der Waals surface area contributed by atoms with Crippen molar-refractivity contribution in [2.24, 2.45) is 4.99 Å². The third-order valence-corrected chi connectivity index (χ3v) is 3.90. The average molecular weight is 281 g/mol. The number of rotatable bonds is 2. The van der Waals surface area contributed by atoms with E-state index in [1.54, 1.807) is 6.07 Å². The lowest BCUT2D eigenvalue weighted by Gasteiger charge is -2.00. The van der Waals surface area contributed by atoms with E-state index in [1.165, 1.54) is 17.6 Å². The van der Waals surface area contributed by atoms with Crippen LogP contribution >= 0.6 is 11.3 Å². The molecule has 0 amide bonds. The number of benzene rings is 2. The second kappa shape index (κ2) is 5.27. The van der Waals surface area contributed by atoms with E-state index >= 15 is 0 Å². The summed E-state index contributed by atoms with van der Waals surface area (Å²) in [5, 5.41) is 10.6. The highest BCUT2D eigenvalue weighted by molar-refractivity contribution is 7.20. The third kappa shape index (κ3) is 2.33. The van der Waals surface area contributed by atoms with Crippen molar-refractivity contribution in [3.63, 3.8) is 0 Å². The standard InChI is InChI=1S/C16H11NO2S/c18-15-12-8-4-5-9-14(12)20-16(19)13(15)10-17-11-6-2-1-3-7-11/h1-10,19H. The molecule has 0 aliphatic carbocycles. The van der Waals surface area contributed by atoms with Crippen molar-refractivity contribution in [1.29, 1.82) is 0 Å². The predicted molar refractivity (Wildman–Crippen MR) is 83.5 cm³/mol. The van der Waals surface area contributed by atoms with Crippen LogP contribution in [-0.2, 0) is 0 Å². The van der Waals surface area contributed by atoms with E-state index in [-0.39, 0.29) is 16.1 Å². The van der Waals surface area contributed by atoms with Gasteiger partial charge in [0.25, 0.3) is 0 Å². The maximum Gasteiger partial charge on any atom is 0.200 e. The molecule has 3 aromatic rings. The Hall–Kier alpha value is -2.46. The number of hydrogen-bond donors (Lipinski definition) is 1. The largest absolute Gasteiger partial charge is 0.499 e. The van der Waals surface area contributed by atoms with Gasteiger partial charge in [0.1, 0.15) is 0 Å². The van der Waals surface area contributed by atoms with Gasteiger partial charge >= 0.3 is 0 Å². The summed E-state index contributed by atoms with van der Waals surface area (Å²) in [6.45, 7) is 0. The van der Waals surface area contributed by atoms with E-state index in [1.807, 2.05) is 48.5 Å². The molecule has 0 fully saturated rings. The van der Waals surface area contributed by atoms with Crippen LogP contribution in [0, 0.1) is 0 Å². The summed E-state index contributed by atoms with van der Waals surface area (Å²) in [7, 11) is 0. The minimum Gasteiger partial charge on any atom is -0.499 e. The van der Waals surface area contributed by atoms with Crippen LogP contribution in [0.4, 0.5) is 5.69 Å². The number of nitrogens with zero attached hydrogens (tertiary/aromatic N) is 1. The maximum atomic E-state index is 12.3. The zero-order chi connectivity index (χ0) is 13.9. The number of fused-ring (bicyclic) bond motifs is 1. The Labute approximate surface area is 119 Å². The number of hydrogen-bond acceptors (Lipinski definition) is 4. The van der Waals surface area contributed by atoms with E-state index in [2.05, 4.69) is 4.99 Å². The van der Waals surface area contributed by atoms with Gasteiger partial charge in [-0.25, -0.2) is 0 Å². The van der Waals surface area contributed by atoms with Crippen LogP contribution in [0.3, 0.4) is 0 Å².